The minimum absolute atomic E-state index is 0.0286. The van der Waals surface area contributed by atoms with Gasteiger partial charge in [0.2, 0.25) is 0 Å². The van der Waals surface area contributed by atoms with Gasteiger partial charge in [-0.15, -0.1) is 0 Å². The van der Waals surface area contributed by atoms with Crippen molar-refractivity contribution in [2.75, 3.05) is 0 Å². The van der Waals surface area contributed by atoms with Gasteiger partial charge in [-0.25, -0.2) is 4.79 Å². The summed E-state index contributed by atoms with van der Waals surface area (Å²) in [5.74, 6) is 0. The number of alkyl carbamates (subject to hydrolysis) is 1. The van der Waals surface area contributed by atoms with Crippen molar-refractivity contribution < 1.29 is 22.7 Å². The number of carbonyl (C=O) groups is 1. The van der Waals surface area contributed by atoms with E-state index in [-0.39, 0.29) is 12.1 Å². The quantitative estimate of drug-likeness (QED) is 0.840. The monoisotopic (exact) mass is 310 g/mol. The minimum atomic E-state index is -4.22. The number of alkyl halides is 3. The number of nitrogens with one attached hydrogen (secondary N) is 2. The molecular formula is C14H25F3N2O2. The molecule has 0 aromatic carbocycles. The van der Waals surface area contributed by atoms with E-state index in [1.807, 2.05) is 0 Å². The van der Waals surface area contributed by atoms with Crippen LogP contribution < -0.4 is 10.6 Å². The van der Waals surface area contributed by atoms with Crippen LogP contribution in [0.2, 0.25) is 0 Å². The Hall–Kier alpha value is -0.980. The smallest absolute Gasteiger partial charge is 0.407 e. The summed E-state index contributed by atoms with van der Waals surface area (Å²) in [6.45, 7) is 6.48. The van der Waals surface area contributed by atoms with E-state index in [1.165, 1.54) is 0 Å². The lowest BCUT2D eigenvalue weighted by Gasteiger charge is -2.32. The summed E-state index contributed by atoms with van der Waals surface area (Å²) in [5, 5.41) is 5.37. The van der Waals surface area contributed by atoms with Crippen LogP contribution in [0, 0.1) is 0 Å². The van der Waals surface area contributed by atoms with Crippen LogP contribution in [0.15, 0.2) is 0 Å². The zero-order chi connectivity index (χ0) is 16.3. The van der Waals surface area contributed by atoms with E-state index in [1.54, 1.807) is 20.8 Å². The zero-order valence-corrected chi connectivity index (χ0v) is 13.0. The van der Waals surface area contributed by atoms with Gasteiger partial charge in [0.1, 0.15) is 11.6 Å². The summed E-state index contributed by atoms with van der Waals surface area (Å²) in [6, 6.07) is -1.68. The maximum atomic E-state index is 12.5. The van der Waals surface area contributed by atoms with Crippen molar-refractivity contribution in [2.24, 2.45) is 0 Å². The van der Waals surface area contributed by atoms with E-state index in [9.17, 15) is 18.0 Å². The van der Waals surface area contributed by atoms with Crippen molar-refractivity contribution in [1.29, 1.82) is 0 Å². The SMILES string of the molecule is CC(NC1CCC(NC(=O)OC(C)(C)C)CC1)C(F)(F)F. The second-order valence-corrected chi connectivity index (χ2v) is 6.62. The molecule has 1 amide bonds. The standard InChI is InChI=1S/C14H25F3N2O2/c1-9(14(15,16)17)18-10-5-7-11(8-6-10)19-12(20)21-13(2,3)4/h9-11,18H,5-8H2,1-4H3,(H,19,20). The van der Waals surface area contributed by atoms with Crippen LogP contribution in [0.1, 0.15) is 53.4 Å². The molecular weight excluding hydrogens is 285 g/mol. The van der Waals surface area contributed by atoms with Crippen molar-refractivity contribution in [3.05, 3.63) is 0 Å². The first kappa shape index (κ1) is 18.1. The van der Waals surface area contributed by atoms with Crippen molar-refractivity contribution >= 4 is 6.09 Å². The molecule has 1 fully saturated rings. The van der Waals surface area contributed by atoms with Gasteiger partial charge < -0.3 is 15.4 Å². The second kappa shape index (κ2) is 6.85. The Morgan fingerprint density at radius 3 is 2.00 bits per heavy atom. The van der Waals surface area contributed by atoms with Gasteiger partial charge in [-0.05, 0) is 53.4 Å². The van der Waals surface area contributed by atoms with Crippen molar-refractivity contribution in [1.82, 2.24) is 10.6 Å². The van der Waals surface area contributed by atoms with Gasteiger partial charge in [-0.2, -0.15) is 13.2 Å². The molecule has 1 aliphatic rings. The number of rotatable bonds is 3. The molecule has 1 saturated carbocycles. The molecule has 0 saturated heterocycles. The van der Waals surface area contributed by atoms with E-state index >= 15 is 0 Å². The first-order valence-electron chi connectivity index (χ1n) is 7.29. The van der Waals surface area contributed by atoms with Crippen LogP contribution in [0.4, 0.5) is 18.0 Å². The van der Waals surface area contributed by atoms with Gasteiger partial charge >= 0.3 is 12.3 Å². The van der Waals surface area contributed by atoms with Crippen LogP contribution >= 0.6 is 0 Å². The fraction of sp³-hybridized carbons (Fsp3) is 0.929. The zero-order valence-electron chi connectivity index (χ0n) is 13.0. The Morgan fingerprint density at radius 2 is 1.57 bits per heavy atom. The van der Waals surface area contributed by atoms with Crippen molar-refractivity contribution in [2.45, 2.75) is 83.3 Å². The molecule has 7 heteroatoms. The Bertz CT molecular complexity index is 345. The third-order valence-electron chi connectivity index (χ3n) is 3.42. The number of hydrogen-bond donors (Lipinski definition) is 2. The highest BCUT2D eigenvalue weighted by molar-refractivity contribution is 5.68. The molecule has 1 atom stereocenters. The molecule has 0 aliphatic heterocycles. The predicted molar refractivity (Wildman–Crippen MR) is 74.1 cm³/mol. The maximum absolute atomic E-state index is 12.5. The van der Waals surface area contributed by atoms with Gasteiger partial charge in [0.05, 0.1) is 0 Å². The fourth-order valence-electron chi connectivity index (χ4n) is 2.33. The van der Waals surface area contributed by atoms with Gasteiger partial charge in [-0.1, -0.05) is 0 Å². The number of amides is 1. The highest BCUT2D eigenvalue weighted by Gasteiger charge is 2.37. The van der Waals surface area contributed by atoms with E-state index < -0.39 is 23.9 Å². The number of halogens is 3. The molecule has 0 aromatic heterocycles. The summed E-state index contributed by atoms with van der Waals surface area (Å²) in [6.07, 6.45) is -2.15. The average molecular weight is 310 g/mol. The number of ether oxygens (including phenoxy) is 1. The molecule has 0 radical (unpaired) electrons. The lowest BCUT2D eigenvalue weighted by atomic mass is 9.91. The van der Waals surface area contributed by atoms with Crippen LogP contribution in [0.5, 0.6) is 0 Å². The average Bonchev–Trinajstić information content (AvgIpc) is 2.27. The van der Waals surface area contributed by atoms with E-state index in [2.05, 4.69) is 10.6 Å². The Balaban J connectivity index is 2.31. The van der Waals surface area contributed by atoms with Crippen LogP contribution in [-0.4, -0.2) is 36.0 Å². The van der Waals surface area contributed by atoms with Crippen LogP contribution in [-0.2, 0) is 4.74 Å². The van der Waals surface area contributed by atoms with E-state index in [0.29, 0.717) is 25.7 Å². The maximum Gasteiger partial charge on any atom is 0.407 e. The first-order chi connectivity index (χ1) is 9.47. The Labute approximate surface area is 123 Å². The van der Waals surface area contributed by atoms with Crippen molar-refractivity contribution in [3.8, 4) is 0 Å². The first-order valence-corrected chi connectivity index (χ1v) is 7.29. The third-order valence-corrected chi connectivity index (χ3v) is 3.42. The van der Waals surface area contributed by atoms with Crippen LogP contribution in [0.25, 0.3) is 0 Å². The topological polar surface area (TPSA) is 50.4 Å². The second-order valence-electron chi connectivity index (χ2n) is 6.62. The van der Waals surface area contributed by atoms with E-state index in [4.69, 9.17) is 4.74 Å². The van der Waals surface area contributed by atoms with Crippen molar-refractivity contribution in [3.63, 3.8) is 0 Å². The molecule has 0 spiro atoms. The summed E-state index contributed by atoms with van der Waals surface area (Å²) in [7, 11) is 0. The normalized spacial score (nSPS) is 25.3. The molecule has 0 bridgehead atoms. The van der Waals surface area contributed by atoms with Gasteiger partial charge in [0.15, 0.2) is 0 Å². The highest BCUT2D eigenvalue weighted by atomic mass is 19.4. The van der Waals surface area contributed by atoms with Gasteiger partial charge in [0, 0.05) is 12.1 Å². The lowest BCUT2D eigenvalue weighted by Crippen LogP contribution is -2.49. The molecule has 4 nitrogen and oxygen atoms in total. The summed E-state index contributed by atoms with van der Waals surface area (Å²) in [4.78, 5) is 11.6. The molecule has 21 heavy (non-hydrogen) atoms. The summed E-state index contributed by atoms with van der Waals surface area (Å²) >= 11 is 0. The van der Waals surface area contributed by atoms with Crippen LogP contribution in [0.3, 0.4) is 0 Å². The molecule has 1 unspecified atom stereocenters. The minimum Gasteiger partial charge on any atom is -0.444 e. The Morgan fingerprint density at radius 1 is 1.10 bits per heavy atom. The molecule has 2 N–H and O–H groups in total. The summed E-state index contributed by atoms with van der Waals surface area (Å²) < 4.78 is 42.6. The predicted octanol–water partition coefficient (Wildman–Crippen LogP) is 3.36. The fourth-order valence-corrected chi connectivity index (χ4v) is 2.33. The lowest BCUT2D eigenvalue weighted by molar-refractivity contribution is -0.153. The van der Waals surface area contributed by atoms with E-state index in [0.717, 1.165) is 6.92 Å². The molecule has 1 rings (SSSR count). The molecule has 124 valence electrons. The number of hydrogen-bond acceptors (Lipinski definition) is 3. The molecule has 1 aliphatic carbocycles. The highest BCUT2D eigenvalue weighted by Crippen LogP contribution is 2.24. The van der Waals surface area contributed by atoms with Gasteiger partial charge in [0.25, 0.3) is 0 Å². The molecule has 0 heterocycles. The number of carbonyl (C=O) groups excluding carboxylic acids is 1. The summed E-state index contributed by atoms with van der Waals surface area (Å²) in [5.41, 5.74) is -0.551. The largest absolute Gasteiger partial charge is 0.444 e. The Kier molecular flexibility index (Phi) is 5.90. The molecule has 0 aromatic rings. The third kappa shape index (κ3) is 7.02. The van der Waals surface area contributed by atoms with Gasteiger partial charge in [-0.3, -0.25) is 0 Å².